The maximum Gasteiger partial charge on any atom is -0.0272 e. The molecule has 0 aromatic carbocycles. The molecule has 0 fully saturated rings. The predicted molar refractivity (Wildman–Crippen MR) is 150 cm³/mol. The number of hydrogen-bond acceptors (Lipinski definition) is 0. The smallest absolute Gasteiger partial charge is 0.0272 e. The van der Waals surface area contributed by atoms with Crippen molar-refractivity contribution in [3.05, 3.63) is 0 Å². The van der Waals surface area contributed by atoms with E-state index in [2.05, 4.69) is 48.5 Å². The molecule has 0 aromatic rings. The molecule has 0 aliphatic rings. The fourth-order valence-corrected chi connectivity index (χ4v) is 6.38. The Labute approximate surface area is 206 Å². The minimum absolute atomic E-state index is 0.592. The van der Waals surface area contributed by atoms with Crippen LogP contribution in [-0.2, 0) is 0 Å². The van der Waals surface area contributed by atoms with Crippen molar-refractivity contribution in [2.75, 3.05) is 0 Å². The highest BCUT2D eigenvalue weighted by molar-refractivity contribution is 4.88. The average molecular weight is 451 g/mol. The molecule has 0 nitrogen and oxygen atoms in total. The molecule has 3 unspecified atom stereocenters. The van der Waals surface area contributed by atoms with Crippen LogP contribution in [0.1, 0.15) is 183 Å². The van der Waals surface area contributed by atoms with Gasteiger partial charge in [0.25, 0.3) is 0 Å². The summed E-state index contributed by atoms with van der Waals surface area (Å²) in [7, 11) is 0. The van der Waals surface area contributed by atoms with E-state index < -0.39 is 0 Å². The molecule has 0 heterocycles. The predicted octanol–water partition coefficient (Wildman–Crippen LogP) is 12.2. The maximum absolute atomic E-state index is 2.53. The van der Waals surface area contributed by atoms with Crippen LogP contribution in [-0.4, -0.2) is 0 Å². The lowest BCUT2D eigenvalue weighted by atomic mass is 9.61. The molecule has 0 saturated carbocycles. The Bertz CT molecular complexity index is 366. The Morgan fingerprint density at radius 2 is 0.938 bits per heavy atom. The summed E-state index contributed by atoms with van der Waals surface area (Å²) in [5, 5.41) is 0. The number of unbranched alkanes of at least 4 members (excludes halogenated alkanes) is 9. The van der Waals surface area contributed by atoms with Crippen LogP contribution in [0.2, 0.25) is 0 Å². The summed E-state index contributed by atoms with van der Waals surface area (Å²) >= 11 is 0. The van der Waals surface area contributed by atoms with Crippen LogP contribution < -0.4 is 0 Å². The normalized spacial score (nSPS) is 15.1. The van der Waals surface area contributed by atoms with E-state index in [4.69, 9.17) is 0 Å². The lowest BCUT2D eigenvalue weighted by Crippen LogP contribution is -2.33. The third kappa shape index (κ3) is 13.6. The molecule has 0 spiro atoms. The minimum atomic E-state index is 0.592. The summed E-state index contributed by atoms with van der Waals surface area (Å²) in [5.41, 5.74) is 0.592. The number of hydrogen-bond donors (Lipinski definition) is 0. The maximum atomic E-state index is 2.53. The molecule has 194 valence electrons. The molecule has 0 amide bonds. The van der Waals surface area contributed by atoms with E-state index in [1.807, 2.05) is 0 Å². The van der Waals surface area contributed by atoms with Crippen molar-refractivity contribution in [3.8, 4) is 0 Å². The second-order valence-electron chi connectivity index (χ2n) is 11.3. The van der Waals surface area contributed by atoms with E-state index >= 15 is 0 Å². The Morgan fingerprint density at radius 3 is 1.41 bits per heavy atom. The van der Waals surface area contributed by atoms with Crippen LogP contribution in [0.3, 0.4) is 0 Å². The third-order valence-electron chi connectivity index (χ3n) is 9.08. The molecule has 0 heteroatoms. The molecular weight excluding hydrogens is 384 g/mol. The minimum Gasteiger partial charge on any atom is -0.0654 e. The van der Waals surface area contributed by atoms with Crippen LogP contribution in [0.4, 0.5) is 0 Å². The molecule has 0 aliphatic carbocycles. The van der Waals surface area contributed by atoms with E-state index in [-0.39, 0.29) is 0 Å². The third-order valence-corrected chi connectivity index (χ3v) is 9.08. The Hall–Kier alpha value is 0. The van der Waals surface area contributed by atoms with Crippen molar-refractivity contribution in [3.63, 3.8) is 0 Å². The van der Waals surface area contributed by atoms with Gasteiger partial charge >= 0.3 is 0 Å². The lowest BCUT2D eigenvalue weighted by molar-refractivity contribution is 0.0660. The van der Waals surface area contributed by atoms with Crippen LogP contribution in [0.25, 0.3) is 0 Å². The largest absolute Gasteiger partial charge is 0.0654 e. The molecule has 0 radical (unpaired) electrons. The molecule has 3 atom stereocenters. The molecular formula is C32H66. The van der Waals surface area contributed by atoms with E-state index in [0.717, 1.165) is 17.8 Å². The van der Waals surface area contributed by atoms with Crippen LogP contribution >= 0.6 is 0 Å². The van der Waals surface area contributed by atoms with E-state index in [1.165, 1.54) is 135 Å². The van der Waals surface area contributed by atoms with Gasteiger partial charge in [-0.05, 0) is 42.4 Å². The van der Waals surface area contributed by atoms with Crippen molar-refractivity contribution >= 4 is 0 Å². The molecule has 0 aromatic heterocycles. The van der Waals surface area contributed by atoms with Crippen molar-refractivity contribution in [1.82, 2.24) is 0 Å². The highest BCUT2D eigenvalue weighted by atomic mass is 14.4. The van der Waals surface area contributed by atoms with Gasteiger partial charge in [-0.15, -0.1) is 0 Å². The quantitative estimate of drug-likeness (QED) is 0.128. The monoisotopic (exact) mass is 451 g/mol. The van der Waals surface area contributed by atoms with Crippen LogP contribution in [0.15, 0.2) is 0 Å². The van der Waals surface area contributed by atoms with E-state index in [1.54, 1.807) is 0 Å². The summed E-state index contributed by atoms with van der Waals surface area (Å²) in [6, 6.07) is 0. The van der Waals surface area contributed by atoms with Gasteiger partial charge in [-0.25, -0.2) is 0 Å². The summed E-state index contributed by atoms with van der Waals surface area (Å²) in [5.74, 6) is 2.86. The highest BCUT2D eigenvalue weighted by Crippen LogP contribution is 2.48. The van der Waals surface area contributed by atoms with Gasteiger partial charge in [0.15, 0.2) is 0 Å². The zero-order valence-corrected chi connectivity index (χ0v) is 24.1. The van der Waals surface area contributed by atoms with Gasteiger partial charge in [-0.3, -0.25) is 0 Å². The van der Waals surface area contributed by atoms with E-state index in [9.17, 15) is 0 Å². The molecule has 0 bridgehead atoms. The summed E-state index contributed by atoms with van der Waals surface area (Å²) in [6.45, 7) is 17.0. The average Bonchev–Trinajstić information content (AvgIpc) is 2.82. The first kappa shape index (κ1) is 32.0. The van der Waals surface area contributed by atoms with Crippen molar-refractivity contribution in [2.24, 2.45) is 23.2 Å². The SMILES string of the molecule is CCCCCCCCCCC(CC(CC)CCCC)C(CC)(CC)CC(CC)CCCC. The standard InChI is InChI=1S/C32H66/c1-8-15-18-19-20-21-22-23-26-31(27-29(11-4)24-16-9-2)32(13-6,14-7)28-30(12-5)25-17-10-3/h29-31H,8-28H2,1-7H3. The fourth-order valence-electron chi connectivity index (χ4n) is 6.38. The van der Waals surface area contributed by atoms with Crippen LogP contribution in [0.5, 0.6) is 0 Å². The molecule has 0 aliphatic heterocycles. The van der Waals surface area contributed by atoms with Crippen molar-refractivity contribution < 1.29 is 0 Å². The van der Waals surface area contributed by atoms with Gasteiger partial charge in [0.2, 0.25) is 0 Å². The van der Waals surface area contributed by atoms with Crippen molar-refractivity contribution in [1.29, 1.82) is 0 Å². The van der Waals surface area contributed by atoms with Gasteiger partial charge in [0, 0.05) is 0 Å². The van der Waals surface area contributed by atoms with E-state index in [0.29, 0.717) is 5.41 Å². The summed E-state index contributed by atoms with van der Waals surface area (Å²) in [4.78, 5) is 0. The lowest BCUT2D eigenvalue weighted by Gasteiger charge is -2.44. The van der Waals surface area contributed by atoms with Gasteiger partial charge in [-0.1, -0.05) is 164 Å². The topological polar surface area (TPSA) is 0 Å². The van der Waals surface area contributed by atoms with Gasteiger partial charge < -0.3 is 0 Å². The molecule has 0 saturated heterocycles. The summed E-state index contributed by atoms with van der Waals surface area (Å²) in [6.07, 6.45) is 30.3. The Balaban J connectivity index is 5.16. The second-order valence-corrected chi connectivity index (χ2v) is 11.3. The van der Waals surface area contributed by atoms with Gasteiger partial charge in [0.05, 0.1) is 0 Å². The second kappa shape index (κ2) is 21.5. The molecule has 0 N–H and O–H groups in total. The zero-order valence-electron chi connectivity index (χ0n) is 24.1. The zero-order chi connectivity index (χ0) is 24.1. The first-order chi connectivity index (χ1) is 15.6. The first-order valence-electron chi connectivity index (χ1n) is 15.6. The fraction of sp³-hybridized carbons (Fsp3) is 1.00. The number of rotatable bonds is 24. The summed E-state index contributed by atoms with van der Waals surface area (Å²) < 4.78 is 0. The van der Waals surface area contributed by atoms with Crippen molar-refractivity contribution in [2.45, 2.75) is 183 Å². The van der Waals surface area contributed by atoms with Gasteiger partial charge in [-0.2, -0.15) is 0 Å². The highest BCUT2D eigenvalue weighted by Gasteiger charge is 2.37. The first-order valence-corrected chi connectivity index (χ1v) is 15.6. The van der Waals surface area contributed by atoms with Gasteiger partial charge in [0.1, 0.15) is 0 Å². The van der Waals surface area contributed by atoms with Crippen LogP contribution in [0, 0.1) is 23.2 Å². The Kier molecular flexibility index (Phi) is 21.5. The molecule has 32 heavy (non-hydrogen) atoms. The Morgan fingerprint density at radius 1 is 0.469 bits per heavy atom. The molecule has 0 rings (SSSR count).